The second kappa shape index (κ2) is 4.32. The molecular weight excluding hydrogens is 168 g/mol. The number of rotatable bonds is 3. The molecule has 0 amide bonds. The first-order valence-electron chi connectivity index (χ1n) is 4.05. The molecular formula is C11H13Cl. The number of hydrogen-bond acceptors (Lipinski definition) is 0. The summed E-state index contributed by atoms with van der Waals surface area (Å²) in [6.45, 7) is 5.73. The summed E-state index contributed by atoms with van der Waals surface area (Å²) >= 11 is 6.09. The lowest BCUT2D eigenvalue weighted by Crippen LogP contribution is -1.87. The Morgan fingerprint density at radius 2 is 2.00 bits per heavy atom. The minimum atomic E-state index is 0.0723. The van der Waals surface area contributed by atoms with Crippen molar-refractivity contribution in [2.24, 2.45) is 0 Å². The first-order valence-corrected chi connectivity index (χ1v) is 4.49. The van der Waals surface area contributed by atoms with E-state index in [1.54, 1.807) is 0 Å². The van der Waals surface area contributed by atoms with Crippen molar-refractivity contribution in [2.45, 2.75) is 18.7 Å². The molecule has 0 spiro atoms. The third-order valence-corrected chi connectivity index (χ3v) is 2.24. The Kier molecular flexibility index (Phi) is 3.36. The van der Waals surface area contributed by atoms with Gasteiger partial charge in [-0.2, -0.15) is 0 Å². The second-order valence-electron chi connectivity index (χ2n) is 2.90. The normalized spacial score (nSPS) is 12.5. The minimum absolute atomic E-state index is 0.0723. The van der Waals surface area contributed by atoms with Crippen LogP contribution < -0.4 is 0 Å². The van der Waals surface area contributed by atoms with Gasteiger partial charge in [-0.1, -0.05) is 35.9 Å². The molecule has 0 N–H and O–H groups in total. The molecule has 0 radical (unpaired) electrons. The summed E-state index contributed by atoms with van der Waals surface area (Å²) in [7, 11) is 0. The number of hydrogen-bond donors (Lipinski definition) is 0. The standard InChI is InChI=1S/C11H13Cl/c1-3-4-11(12)10-7-5-9(2)6-8-10/h3,5-8,11H,1,4H2,2H3. The van der Waals surface area contributed by atoms with E-state index in [4.69, 9.17) is 11.6 Å². The van der Waals surface area contributed by atoms with Crippen molar-refractivity contribution >= 4 is 11.6 Å². The monoisotopic (exact) mass is 180 g/mol. The van der Waals surface area contributed by atoms with Crippen molar-refractivity contribution in [3.63, 3.8) is 0 Å². The van der Waals surface area contributed by atoms with Gasteiger partial charge in [-0.05, 0) is 18.9 Å². The molecule has 0 saturated heterocycles. The van der Waals surface area contributed by atoms with Gasteiger partial charge in [0.1, 0.15) is 0 Å². The van der Waals surface area contributed by atoms with E-state index in [1.807, 2.05) is 6.08 Å². The second-order valence-corrected chi connectivity index (χ2v) is 3.43. The molecule has 0 aliphatic heterocycles. The molecule has 1 aromatic rings. The summed E-state index contributed by atoms with van der Waals surface area (Å²) in [5.41, 5.74) is 2.43. The van der Waals surface area contributed by atoms with Crippen LogP contribution in [0.3, 0.4) is 0 Å². The van der Waals surface area contributed by atoms with Crippen LogP contribution in [0.1, 0.15) is 22.9 Å². The van der Waals surface area contributed by atoms with E-state index >= 15 is 0 Å². The lowest BCUT2D eigenvalue weighted by Gasteiger charge is -2.06. The summed E-state index contributed by atoms with van der Waals surface area (Å²) in [5, 5.41) is 0.0723. The molecule has 0 saturated carbocycles. The average Bonchev–Trinajstić information content (AvgIpc) is 2.06. The van der Waals surface area contributed by atoms with E-state index < -0.39 is 0 Å². The molecule has 1 aromatic carbocycles. The largest absolute Gasteiger partial charge is 0.117 e. The van der Waals surface area contributed by atoms with Gasteiger partial charge in [0, 0.05) is 0 Å². The van der Waals surface area contributed by atoms with Gasteiger partial charge in [0.15, 0.2) is 0 Å². The lowest BCUT2D eigenvalue weighted by atomic mass is 10.1. The third-order valence-electron chi connectivity index (χ3n) is 1.81. The fourth-order valence-corrected chi connectivity index (χ4v) is 1.33. The quantitative estimate of drug-likeness (QED) is 0.490. The zero-order chi connectivity index (χ0) is 8.97. The maximum absolute atomic E-state index is 6.09. The zero-order valence-corrected chi connectivity index (χ0v) is 8.01. The summed E-state index contributed by atoms with van der Waals surface area (Å²) in [5.74, 6) is 0. The summed E-state index contributed by atoms with van der Waals surface area (Å²) in [6, 6.07) is 8.29. The number of halogens is 1. The molecule has 1 unspecified atom stereocenters. The SMILES string of the molecule is C=CCC(Cl)c1ccc(C)cc1. The molecule has 0 bridgehead atoms. The fraction of sp³-hybridized carbons (Fsp3) is 0.273. The van der Waals surface area contributed by atoms with Gasteiger partial charge in [0.05, 0.1) is 5.38 Å². The zero-order valence-electron chi connectivity index (χ0n) is 7.26. The Labute approximate surface area is 78.9 Å². The van der Waals surface area contributed by atoms with E-state index in [0.29, 0.717) is 0 Å². The van der Waals surface area contributed by atoms with Crippen LogP contribution in [0.2, 0.25) is 0 Å². The highest BCUT2D eigenvalue weighted by Gasteiger charge is 2.03. The van der Waals surface area contributed by atoms with Crippen molar-refractivity contribution in [1.82, 2.24) is 0 Å². The van der Waals surface area contributed by atoms with E-state index in [9.17, 15) is 0 Å². The predicted octanol–water partition coefficient (Wildman–Crippen LogP) is 3.85. The summed E-state index contributed by atoms with van der Waals surface area (Å²) in [6.07, 6.45) is 2.67. The Bertz CT molecular complexity index is 248. The predicted molar refractivity (Wildman–Crippen MR) is 54.6 cm³/mol. The smallest absolute Gasteiger partial charge is 0.0619 e. The van der Waals surface area contributed by atoms with Gasteiger partial charge in [-0.3, -0.25) is 0 Å². The molecule has 0 aliphatic rings. The first kappa shape index (κ1) is 9.34. The van der Waals surface area contributed by atoms with Crippen LogP contribution in [0.25, 0.3) is 0 Å². The Morgan fingerprint density at radius 1 is 1.42 bits per heavy atom. The van der Waals surface area contributed by atoms with E-state index in [-0.39, 0.29) is 5.38 Å². The fourth-order valence-electron chi connectivity index (χ4n) is 1.06. The number of alkyl halides is 1. The van der Waals surface area contributed by atoms with E-state index in [2.05, 4.69) is 37.8 Å². The average molecular weight is 181 g/mol. The molecule has 1 atom stereocenters. The first-order chi connectivity index (χ1) is 5.74. The maximum atomic E-state index is 6.09. The molecule has 64 valence electrons. The molecule has 1 heteroatoms. The van der Waals surface area contributed by atoms with Gasteiger partial charge >= 0.3 is 0 Å². The van der Waals surface area contributed by atoms with E-state index in [0.717, 1.165) is 6.42 Å². The van der Waals surface area contributed by atoms with Gasteiger partial charge in [0.25, 0.3) is 0 Å². The van der Waals surface area contributed by atoms with Crippen molar-refractivity contribution in [3.8, 4) is 0 Å². The maximum Gasteiger partial charge on any atom is 0.0619 e. The minimum Gasteiger partial charge on any atom is -0.117 e. The van der Waals surface area contributed by atoms with Crippen LogP contribution in [0.5, 0.6) is 0 Å². The molecule has 12 heavy (non-hydrogen) atoms. The Morgan fingerprint density at radius 3 is 2.50 bits per heavy atom. The molecule has 1 rings (SSSR count). The van der Waals surface area contributed by atoms with Crippen LogP contribution in [0, 0.1) is 6.92 Å². The molecule has 0 heterocycles. The Balaban J connectivity index is 2.74. The van der Waals surface area contributed by atoms with Crippen LogP contribution >= 0.6 is 11.6 Å². The number of allylic oxidation sites excluding steroid dienone is 1. The topological polar surface area (TPSA) is 0 Å². The Hall–Kier alpha value is -0.750. The van der Waals surface area contributed by atoms with Crippen LogP contribution in [0.4, 0.5) is 0 Å². The molecule has 0 nitrogen and oxygen atoms in total. The van der Waals surface area contributed by atoms with Crippen LogP contribution in [0.15, 0.2) is 36.9 Å². The highest BCUT2D eigenvalue weighted by molar-refractivity contribution is 6.20. The third kappa shape index (κ3) is 2.38. The van der Waals surface area contributed by atoms with Gasteiger partial charge in [0.2, 0.25) is 0 Å². The van der Waals surface area contributed by atoms with Crippen molar-refractivity contribution in [2.75, 3.05) is 0 Å². The van der Waals surface area contributed by atoms with Crippen molar-refractivity contribution in [3.05, 3.63) is 48.0 Å². The molecule has 0 aromatic heterocycles. The van der Waals surface area contributed by atoms with E-state index in [1.165, 1.54) is 11.1 Å². The van der Waals surface area contributed by atoms with Crippen molar-refractivity contribution in [1.29, 1.82) is 0 Å². The van der Waals surface area contributed by atoms with Crippen molar-refractivity contribution < 1.29 is 0 Å². The molecule has 0 aliphatic carbocycles. The lowest BCUT2D eigenvalue weighted by molar-refractivity contribution is 0.958. The summed E-state index contributed by atoms with van der Waals surface area (Å²) < 4.78 is 0. The van der Waals surface area contributed by atoms with Gasteiger partial charge in [-0.15, -0.1) is 18.2 Å². The van der Waals surface area contributed by atoms with Gasteiger partial charge in [-0.25, -0.2) is 0 Å². The van der Waals surface area contributed by atoms with Crippen LogP contribution in [-0.2, 0) is 0 Å². The van der Waals surface area contributed by atoms with Gasteiger partial charge < -0.3 is 0 Å². The number of aryl methyl sites for hydroxylation is 1. The van der Waals surface area contributed by atoms with Crippen LogP contribution in [-0.4, -0.2) is 0 Å². The summed E-state index contributed by atoms with van der Waals surface area (Å²) in [4.78, 5) is 0. The number of benzene rings is 1. The molecule has 0 fully saturated rings. The highest BCUT2D eigenvalue weighted by Crippen LogP contribution is 2.24. The highest BCUT2D eigenvalue weighted by atomic mass is 35.5.